The molecule has 0 aliphatic heterocycles. The molecule has 0 radical (unpaired) electrons. The van der Waals surface area contributed by atoms with Gasteiger partial charge < -0.3 is 20.1 Å². The fourth-order valence-corrected chi connectivity index (χ4v) is 6.45. The van der Waals surface area contributed by atoms with E-state index in [4.69, 9.17) is 9.47 Å². The normalized spacial score (nSPS) is 18.1. The van der Waals surface area contributed by atoms with Gasteiger partial charge in [0.2, 0.25) is 5.91 Å². The number of amides is 3. The molecule has 14 nitrogen and oxygen atoms in total. The summed E-state index contributed by atoms with van der Waals surface area (Å²) in [5, 5.41) is 26.1. The van der Waals surface area contributed by atoms with Crippen molar-refractivity contribution in [3.8, 4) is 5.75 Å². The number of anilines is 2. The SMILES string of the molecule is Cc1ccc(OCC2CCCCC2)c(NC(=O)c2cc(C(=O)Nc3nn[nH]n3)nn2CC(=O)N[C@H]2CCCC[C@@H]2OCc2ccccc2)c1. The topological polar surface area (TPSA) is 178 Å². The second-order valence-corrected chi connectivity index (χ2v) is 12.8. The number of aromatic amines is 1. The fraction of sp³-hybridized carbons (Fsp3) is 0.457. The van der Waals surface area contributed by atoms with Crippen molar-refractivity contribution < 1.29 is 23.9 Å². The molecule has 49 heavy (non-hydrogen) atoms. The van der Waals surface area contributed by atoms with E-state index in [-0.39, 0.29) is 41.9 Å². The summed E-state index contributed by atoms with van der Waals surface area (Å²) in [6, 6.07) is 16.7. The van der Waals surface area contributed by atoms with E-state index in [0.717, 1.165) is 49.7 Å². The number of tetrazole rings is 1. The van der Waals surface area contributed by atoms with Gasteiger partial charge in [-0.3, -0.25) is 19.7 Å². The fourth-order valence-electron chi connectivity index (χ4n) is 6.45. The Morgan fingerprint density at radius 2 is 1.71 bits per heavy atom. The van der Waals surface area contributed by atoms with E-state index in [1.165, 1.54) is 30.0 Å². The van der Waals surface area contributed by atoms with Crippen LogP contribution in [0.2, 0.25) is 0 Å². The maximum atomic E-state index is 13.9. The van der Waals surface area contributed by atoms with Gasteiger partial charge in [-0.1, -0.05) is 73.6 Å². The number of hydrogen-bond acceptors (Lipinski definition) is 9. The molecule has 2 aromatic carbocycles. The van der Waals surface area contributed by atoms with Crippen molar-refractivity contribution in [1.82, 2.24) is 35.7 Å². The average molecular weight is 670 g/mol. The van der Waals surface area contributed by atoms with Gasteiger partial charge in [-0.15, -0.1) is 5.10 Å². The Labute approximate surface area is 284 Å². The van der Waals surface area contributed by atoms with E-state index in [0.29, 0.717) is 30.6 Å². The highest BCUT2D eigenvalue weighted by molar-refractivity contribution is 6.07. The van der Waals surface area contributed by atoms with Crippen LogP contribution in [0.1, 0.15) is 89.9 Å². The molecule has 2 heterocycles. The van der Waals surface area contributed by atoms with Gasteiger partial charge >= 0.3 is 0 Å². The molecule has 0 spiro atoms. The number of carbonyl (C=O) groups excluding carboxylic acids is 3. The lowest BCUT2D eigenvalue weighted by atomic mass is 9.90. The lowest BCUT2D eigenvalue weighted by Crippen LogP contribution is -2.47. The molecule has 2 saturated carbocycles. The van der Waals surface area contributed by atoms with Gasteiger partial charge in [0.1, 0.15) is 18.0 Å². The monoisotopic (exact) mass is 669 g/mol. The highest BCUT2D eigenvalue weighted by Crippen LogP contribution is 2.30. The largest absolute Gasteiger partial charge is 0.491 e. The van der Waals surface area contributed by atoms with Crippen LogP contribution in [0.15, 0.2) is 54.6 Å². The summed E-state index contributed by atoms with van der Waals surface area (Å²) in [5.41, 5.74) is 2.42. The van der Waals surface area contributed by atoms with Crippen molar-refractivity contribution in [2.24, 2.45) is 5.92 Å². The molecule has 14 heteroatoms. The van der Waals surface area contributed by atoms with Gasteiger partial charge in [-0.2, -0.15) is 10.3 Å². The van der Waals surface area contributed by atoms with Crippen LogP contribution < -0.4 is 20.7 Å². The van der Waals surface area contributed by atoms with Gasteiger partial charge in [0.05, 0.1) is 31.0 Å². The smallest absolute Gasteiger partial charge is 0.278 e. The zero-order chi connectivity index (χ0) is 34.0. The molecular weight excluding hydrogens is 626 g/mol. The highest BCUT2D eigenvalue weighted by Gasteiger charge is 2.29. The third kappa shape index (κ3) is 9.28. The highest BCUT2D eigenvalue weighted by atomic mass is 16.5. The minimum Gasteiger partial charge on any atom is -0.491 e. The van der Waals surface area contributed by atoms with Crippen LogP contribution in [0.4, 0.5) is 11.6 Å². The molecular formula is C35H43N9O5. The molecule has 2 aromatic heterocycles. The number of aromatic nitrogens is 6. The number of hydrogen-bond donors (Lipinski definition) is 4. The zero-order valence-corrected chi connectivity index (χ0v) is 27.7. The minimum absolute atomic E-state index is 0.0219. The molecule has 6 rings (SSSR count). The van der Waals surface area contributed by atoms with Crippen molar-refractivity contribution in [2.75, 3.05) is 17.2 Å². The van der Waals surface area contributed by atoms with E-state index in [9.17, 15) is 14.4 Å². The number of ether oxygens (including phenoxy) is 2. The van der Waals surface area contributed by atoms with Crippen molar-refractivity contribution in [3.63, 3.8) is 0 Å². The molecule has 4 aromatic rings. The molecule has 4 N–H and O–H groups in total. The number of H-pyrrole nitrogens is 1. The van der Waals surface area contributed by atoms with Crippen molar-refractivity contribution >= 4 is 29.4 Å². The maximum absolute atomic E-state index is 13.9. The predicted octanol–water partition coefficient (Wildman–Crippen LogP) is 4.81. The predicted molar refractivity (Wildman–Crippen MR) is 181 cm³/mol. The van der Waals surface area contributed by atoms with E-state index in [1.807, 2.05) is 55.5 Å². The summed E-state index contributed by atoms with van der Waals surface area (Å²) in [6.45, 7) is 2.66. The lowest BCUT2D eigenvalue weighted by Gasteiger charge is -2.32. The van der Waals surface area contributed by atoms with E-state index in [2.05, 4.69) is 41.7 Å². The summed E-state index contributed by atoms with van der Waals surface area (Å²) < 4.78 is 13.7. The quantitative estimate of drug-likeness (QED) is 0.155. The van der Waals surface area contributed by atoms with Gasteiger partial charge in [0, 0.05) is 6.07 Å². The first-order chi connectivity index (χ1) is 23.9. The van der Waals surface area contributed by atoms with Crippen LogP contribution in [-0.4, -0.2) is 66.9 Å². The molecule has 2 atom stereocenters. The number of rotatable bonds is 13. The Morgan fingerprint density at radius 3 is 2.51 bits per heavy atom. The molecule has 3 amide bonds. The third-order valence-corrected chi connectivity index (χ3v) is 9.05. The molecule has 0 bridgehead atoms. The first-order valence-corrected chi connectivity index (χ1v) is 17.0. The standard InChI is InChI=1S/C35H43N9O5/c1-23-16-17-31(49-22-25-12-6-3-7-13-25)27(18-23)37-34(47)29-19-28(33(46)38-35-39-42-43-40-35)41-44(29)20-32(45)36-26-14-8-9-15-30(26)48-21-24-10-4-2-5-11-24/h2,4-5,10-11,16-19,25-26,30H,3,6-9,12-15,20-22H2,1H3,(H,36,45)(H,37,47)(H2,38,39,40,42,43,46)/t26-,30-/m0/s1. The number of nitrogens with one attached hydrogen (secondary N) is 4. The third-order valence-electron chi connectivity index (χ3n) is 9.05. The number of nitrogens with zero attached hydrogens (tertiary/aromatic N) is 5. The summed E-state index contributed by atoms with van der Waals surface area (Å²) in [4.78, 5) is 40.4. The Hall–Kier alpha value is -5.11. The number of carbonyl (C=O) groups is 3. The second kappa shape index (κ2) is 16.3. The number of benzene rings is 2. The van der Waals surface area contributed by atoms with E-state index in [1.54, 1.807) is 0 Å². The Morgan fingerprint density at radius 1 is 0.918 bits per heavy atom. The Kier molecular flexibility index (Phi) is 11.3. The first-order valence-electron chi connectivity index (χ1n) is 17.0. The van der Waals surface area contributed by atoms with Crippen LogP contribution >= 0.6 is 0 Å². The van der Waals surface area contributed by atoms with Crippen LogP contribution in [0.5, 0.6) is 5.75 Å². The molecule has 0 unspecified atom stereocenters. The maximum Gasteiger partial charge on any atom is 0.278 e. The molecule has 0 saturated heterocycles. The van der Waals surface area contributed by atoms with Gasteiger partial charge in [0.15, 0.2) is 5.69 Å². The summed E-state index contributed by atoms with van der Waals surface area (Å²) in [6.07, 6.45) is 9.35. The molecule has 258 valence electrons. The lowest BCUT2D eigenvalue weighted by molar-refractivity contribution is -0.124. The number of aryl methyl sites for hydroxylation is 1. The molecule has 2 aliphatic carbocycles. The first kappa shape index (κ1) is 33.8. The summed E-state index contributed by atoms with van der Waals surface area (Å²) in [5.74, 6) is -0.582. The summed E-state index contributed by atoms with van der Waals surface area (Å²) >= 11 is 0. The van der Waals surface area contributed by atoms with Gasteiger partial charge in [-0.05, 0) is 67.0 Å². The van der Waals surface area contributed by atoms with Gasteiger partial charge in [0.25, 0.3) is 17.8 Å². The van der Waals surface area contributed by atoms with Crippen molar-refractivity contribution in [2.45, 2.75) is 90.0 Å². The van der Waals surface area contributed by atoms with Crippen LogP contribution in [0.3, 0.4) is 0 Å². The van der Waals surface area contributed by atoms with Crippen molar-refractivity contribution in [3.05, 3.63) is 77.1 Å². The van der Waals surface area contributed by atoms with Crippen molar-refractivity contribution in [1.29, 1.82) is 0 Å². The van der Waals surface area contributed by atoms with Crippen LogP contribution in [0.25, 0.3) is 0 Å². The molecule has 2 fully saturated rings. The summed E-state index contributed by atoms with van der Waals surface area (Å²) in [7, 11) is 0. The van der Waals surface area contributed by atoms with Crippen LogP contribution in [0, 0.1) is 12.8 Å². The zero-order valence-electron chi connectivity index (χ0n) is 27.7. The second-order valence-electron chi connectivity index (χ2n) is 12.8. The average Bonchev–Trinajstić information content (AvgIpc) is 3.79. The van der Waals surface area contributed by atoms with E-state index >= 15 is 0 Å². The van der Waals surface area contributed by atoms with Crippen LogP contribution in [-0.2, 0) is 22.7 Å². The molecule has 2 aliphatic rings. The minimum atomic E-state index is -0.664. The van der Waals surface area contributed by atoms with Gasteiger partial charge in [-0.25, -0.2) is 4.68 Å². The Balaban J connectivity index is 1.17. The Bertz CT molecular complexity index is 1700. The van der Waals surface area contributed by atoms with E-state index < -0.39 is 11.8 Å².